The fourth-order valence-electron chi connectivity index (χ4n) is 1.70. The maximum Gasteiger partial charge on any atom is 0.335 e. The van der Waals surface area contributed by atoms with Crippen LogP contribution in [0.25, 0.3) is 0 Å². The van der Waals surface area contributed by atoms with Crippen LogP contribution in [0.1, 0.15) is 26.3 Å². The van der Waals surface area contributed by atoms with Crippen LogP contribution in [0.5, 0.6) is 0 Å². The molecule has 0 aliphatic carbocycles. The van der Waals surface area contributed by atoms with Crippen molar-refractivity contribution in [1.82, 2.24) is 4.98 Å². The number of carbonyl (C=O) groups excluding carboxylic acids is 1. The fourth-order valence-corrected chi connectivity index (χ4v) is 1.92. The summed E-state index contributed by atoms with van der Waals surface area (Å²) < 4.78 is 0. The number of aryl methyl sites for hydroxylation is 1. The molecule has 0 fully saturated rings. The van der Waals surface area contributed by atoms with Crippen LogP contribution in [0.2, 0.25) is 5.02 Å². The molecule has 1 heterocycles. The number of halogens is 1. The summed E-state index contributed by atoms with van der Waals surface area (Å²) in [5.41, 5.74) is 1.24. The van der Waals surface area contributed by atoms with Crippen molar-refractivity contribution < 1.29 is 14.7 Å². The number of carboxylic acids is 1. The lowest BCUT2D eigenvalue weighted by molar-refractivity contribution is 0.0696. The molecule has 2 aromatic rings. The van der Waals surface area contributed by atoms with Crippen molar-refractivity contribution in [3.63, 3.8) is 0 Å². The summed E-state index contributed by atoms with van der Waals surface area (Å²) in [5.74, 6) is -1.26. The maximum atomic E-state index is 12.1. The van der Waals surface area contributed by atoms with Gasteiger partial charge in [-0.2, -0.15) is 0 Å². The maximum absolute atomic E-state index is 12.1. The van der Waals surface area contributed by atoms with Gasteiger partial charge in [0.2, 0.25) is 0 Å². The second kappa shape index (κ2) is 5.71. The normalized spacial score (nSPS) is 10.1. The molecule has 102 valence electrons. The Kier molecular flexibility index (Phi) is 4.00. The number of hydrogen-bond acceptors (Lipinski definition) is 3. The molecule has 0 atom stereocenters. The van der Waals surface area contributed by atoms with Gasteiger partial charge >= 0.3 is 5.97 Å². The van der Waals surface area contributed by atoms with E-state index in [4.69, 9.17) is 16.7 Å². The summed E-state index contributed by atoms with van der Waals surface area (Å²) in [6, 6.07) is 7.55. The molecular formula is C14H11ClN2O3. The van der Waals surface area contributed by atoms with E-state index in [-0.39, 0.29) is 17.3 Å². The SMILES string of the molecule is Cc1cc(Cl)ccc1C(=O)Nc1cc(C(=O)O)ccn1. The monoisotopic (exact) mass is 290 g/mol. The number of pyridine rings is 1. The van der Waals surface area contributed by atoms with Gasteiger partial charge in [-0.1, -0.05) is 11.6 Å². The van der Waals surface area contributed by atoms with Gasteiger partial charge in [-0.3, -0.25) is 4.79 Å². The van der Waals surface area contributed by atoms with Gasteiger partial charge < -0.3 is 10.4 Å². The summed E-state index contributed by atoms with van der Waals surface area (Å²) >= 11 is 5.83. The number of carboxylic acid groups (broad SMARTS) is 1. The van der Waals surface area contributed by atoms with Gasteiger partial charge in [-0.05, 0) is 42.8 Å². The molecule has 0 bridgehead atoms. The predicted molar refractivity (Wildman–Crippen MR) is 75.3 cm³/mol. The minimum Gasteiger partial charge on any atom is -0.478 e. The summed E-state index contributed by atoms with van der Waals surface area (Å²) in [4.78, 5) is 26.8. The first-order valence-electron chi connectivity index (χ1n) is 5.74. The molecule has 1 aromatic heterocycles. The Morgan fingerprint density at radius 3 is 2.65 bits per heavy atom. The van der Waals surface area contributed by atoms with Gasteiger partial charge in [0.05, 0.1) is 5.56 Å². The fraction of sp³-hybridized carbons (Fsp3) is 0.0714. The molecule has 0 saturated heterocycles. The van der Waals surface area contributed by atoms with Gasteiger partial charge in [-0.25, -0.2) is 9.78 Å². The predicted octanol–water partition coefficient (Wildman–Crippen LogP) is 2.99. The van der Waals surface area contributed by atoms with E-state index in [1.807, 2.05) is 0 Å². The summed E-state index contributed by atoms with van der Waals surface area (Å²) in [5, 5.41) is 12.0. The van der Waals surface area contributed by atoms with E-state index in [2.05, 4.69) is 10.3 Å². The number of nitrogens with one attached hydrogen (secondary N) is 1. The molecule has 0 unspecified atom stereocenters. The van der Waals surface area contributed by atoms with Crippen molar-refractivity contribution in [2.75, 3.05) is 5.32 Å². The molecule has 0 radical (unpaired) electrons. The van der Waals surface area contributed by atoms with E-state index in [1.54, 1.807) is 25.1 Å². The van der Waals surface area contributed by atoms with Crippen LogP contribution in [0.15, 0.2) is 36.5 Å². The Hall–Kier alpha value is -2.40. The average Bonchev–Trinajstić information content (AvgIpc) is 2.38. The first-order chi connectivity index (χ1) is 9.47. The number of aromatic carboxylic acids is 1. The molecule has 0 spiro atoms. The zero-order valence-corrected chi connectivity index (χ0v) is 11.3. The van der Waals surface area contributed by atoms with E-state index in [0.29, 0.717) is 10.6 Å². The number of benzene rings is 1. The van der Waals surface area contributed by atoms with Crippen LogP contribution in [0.3, 0.4) is 0 Å². The molecular weight excluding hydrogens is 280 g/mol. The van der Waals surface area contributed by atoms with Crippen LogP contribution >= 0.6 is 11.6 Å². The highest BCUT2D eigenvalue weighted by atomic mass is 35.5. The topological polar surface area (TPSA) is 79.3 Å². The molecule has 1 amide bonds. The lowest BCUT2D eigenvalue weighted by Gasteiger charge is -2.07. The summed E-state index contributed by atoms with van der Waals surface area (Å²) in [7, 11) is 0. The smallest absolute Gasteiger partial charge is 0.335 e. The Labute approximate surface area is 120 Å². The third-order valence-electron chi connectivity index (χ3n) is 2.68. The number of amides is 1. The highest BCUT2D eigenvalue weighted by Gasteiger charge is 2.11. The van der Waals surface area contributed by atoms with E-state index in [9.17, 15) is 9.59 Å². The molecule has 2 rings (SSSR count). The minimum absolute atomic E-state index is 0.0585. The second-order valence-corrected chi connectivity index (χ2v) is 4.58. The lowest BCUT2D eigenvalue weighted by Crippen LogP contribution is -2.14. The van der Waals surface area contributed by atoms with Crippen molar-refractivity contribution in [2.24, 2.45) is 0 Å². The van der Waals surface area contributed by atoms with E-state index < -0.39 is 5.97 Å². The van der Waals surface area contributed by atoms with E-state index in [0.717, 1.165) is 5.56 Å². The molecule has 0 aliphatic heterocycles. The van der Waals surface area contributed by atoms with Crippen molar-refractivity contribution >= 4 is 29.3 Å². The lowest BCUT2D eigenvalue weighted by atomic mass is 10.1. The quantitative estimate of drug-likeness (QED) is 0.911. The average molecular weight is 291 g/mol. The van der Waals surface area contributed by atoms with Crippen LogP contribution in [-0.4, -0.2) is 22.0 Å². The van der Waals surface area contributed by atoms with Gasteiger partial charge in [-0.15, -0.1) is 0 Å². The largest absolute Gasteiger partial charge is 0.478 e. The van der Waals surface area contributed by atoms with Crippen molar-refractivity contribution in [2.45, 2.75) is 6.92 Å². The van der Waals surface area contributed by atoms with Crippen molar-refractivity contribution in [3.05, 3.63) is 58.2 Å². The molecule has 2 N–H and O–H groups in total. The second-order valence-electron chi connectivity index (χ2n) is 4.15. The molecule has 6 heteroatoms. The summed E-state index contributed by atoms with van der Waals surface area (Å²) in [6.07, 6.45) is 1.33. The van der Waals surface area contributed by atoms with Crippen LogP contribution in [-0.2, 0) is 0 Å². The third-order valence-corrected chi connectivity index (χ3v) is 2.92. The van der Waals surface area contributed by atoms with Gasteiger partial charge in [0.1, 0.15) is 5.82 Å². The van der Waals surface area contributed by atoms with Gasteiger partial charge in [0.15, 0.2) is 0 Å². The number of carbonyl (C=O) groups is 2. The van der Waals surface area contributed by atoms with E-state index in [1.165, 1.54) is 18.3 Å². The standard InChI is InChI=1S/C14H11ClN2O3/c1-8-6-10(15)2-3-11(8)13(18)17-12-7-9(14(19)20)4-5-16-12/h2-7H,1H3,(H,19,20)(H,16,17,18). The van der Waals surface area contributed by atoms with E-state index >= 15 is 0 Å². The van der Waals surface area contributed by atoms with Gasteiger partial charge in [0, 0.05) is 16.8 Å². The Bertz CT molecular complexity index is 686. The molecule has 20 heavy (non-hydrogen) atoms. The number of rotatable bonds is 3. The highest BCUT2D eigenvalue weighted by Crippen LogP contribution is 2.16. The van der Waals surface area contributed by atoms with Crippen LogP contribution in [0.4, 0.5) is 5.82 Å². The Morgan fingerprint density at radius 1 is 1.25 bits per heavy atom. The van der Waals surface area contributed by atoms with Crippen molar-refractivity contribution in [1.29, 1.82) is 0 Å². The Morgan fingerprint density at radius 2 is 2.00 bits per heavy atom. The zero-order chi connectivity index (χ0) is 14.7. The van der Waals surface area contributed by atoms with Crippen molar-refractivity contribution in [3.8, 4) is 0 Å². The molecule has 0 saturated carbocycles. The number of aromatic nitrogens is 1. The molecule has 1 aromatic carbocycles. The number of hydrogen-bond donors (Lipinski definition) is 2. The summed E-state index contributed by atoms with van der Waals surface area (Å²) in [6.45, 7) is 1.77. The third kappa shape index (κ3) is 3.13. The first kappa shape index (κ1) is 14.0. The molecule has 5 nitrogen and oxygen atoms in total. The Balaban J connectivity index is 2.23. The minimum atomic E-state index is -1.08. The zero-order valence-electron chi connectivity index (χ0n) is 10.6. The van der Waals surface area contributed by atoms with Crippen LogP contribution in [0, 0.1) is 6.92 Å². The first-order valence-corrected chi connectivity index (χ1v) is 6.12. The highest BCUT2D eigenvalue weighted by molar-refractivity contribution is 6.30. The van der Waals surface area contributed by atoms with Crippen LogP contribution < -0.4 is 5.32 Å². The number of anilines is 1. The van der Waals surface area contributed by atoms with Gasteiger partial charge in [0.25, 0.3) is 5.91 Å². The number of nitrogens with zero attached hydrogens (tertiary/aromatic N) is 1. The molecule has 0 aliphatic rings.